The van der Waals surface area contributed by atoms with E-state index in [2.05, 4.69) is 4.74 Å². The smallest absolute Gasteiger partial charge is 0.307 e. The Morgan fingerprint density at radius 1 is 1.39 bits per heavy atom. The maximum atomic E-state index is 11.3. The van der Waals surface area contributed by atoms with Crippen LogP contribution >= 0.6 is 0 Å². The van der Waals surface area contributed by atoms with Crippen molar-refractivity contribution in [2.24, 2.45) is 0 Å². The molecule has 0 aromatic heterocycles. The van der Waals surface area contributed by atoms with Gasteiger partial charge in [-0.25, -0.2) is 0 Å². The van der Waals surface area contributed by atoms with Gasteiger partial charge in [-0.15, -0.1) is 0 Å². The second kappa shape index (κ2) is 7.22. The van der Waals surface area contributed by atoms with Gasteiger partial charge in [-0.2, -0.15) is 0 Å². The Hall–Kier alpha value is -2.43. The quantitative estimate of drug-likeness (QED) is 0.842. The number of hydrogen-bond donors (Lipinski definition) is 1. The molecule has 0 unspecified atom stereocenters. The maximum Gasteiger partial charge on any atom is 0.307 e. The second-order valence-electron chi connectivity index (χ2n) is 5.81. The lowest BCUT2D eigenvalue weighted by molar-refractivity contribution is -0.140. The molecule has 0 atom stereocenters. The molecule has 0 amide bonds. The maximum absolute atomic E-state index is 11.3. The molecule has 1 aromatic rings. The number of aryl methyl sites for hydroxylation is 1. The molecule has 5 nitrogen and oxygen atoms in total. The lowest BCUT2D eigenvalue weighted by Gasteiger charge is -2.24. The third-order valence-corrected chi connectivity index (χ3v) is 3.79. The van der Waals surface area contributed by atoms with Crippen molar-refractivity contribution in [3.05, 3.63) is 47.5 Å². The van der Waals surface area contributed by atoms with Gasteiger partial charge in [-0.05, 0) is 24.5 Å². The molecule has 0 saturated carbocycles. The highest BCUT2D eigenvalue weighted by Gasteiger charge is 2.20. The van der Waals surface area contributed by atoms with E-state index >= 15 is 0 Å². The van der Waals surface area contributed by atoms with Crippen LogP contribution in [-0.4, -0.2) is 29.6 Å². The van der Waals surface area contributed by atoms with Crippen molar-refractivity contribution in [3.63, 3.8) is 0 Å². The van der Waals surface area contributed by atoms with Gasteiger partial charge in [0.15, 0.2) is 5.76 Å². The van der Waals surface area contributed by atoms with Gasteiger partial charge in [0, 0.05) is 30.1 Å². The van der Waals surface area contributed by atoms with Crippen LogP contribution in [0.4, 0.5) is 0 Å². The monoisotopic (exact) mass is 317 g/mol. The van der Waals surface area contributed by atoms with Gasteiger partial charge in [-0.3, -0.25) is 4.79 Å². The number of carbonyl (C=O) groups is 1. The Kier molecular flexibility index (Phi) is 5.32. The molecule has 1 aliphatic heterocycles. The zero-order chi connectivity index (χ0) is 17.0. The largest absolute Gasteiger partial charge is 0.508 e. The van der Waals surface area contributed by atoms with E-state index in [-0.39, 0.29) is 17.6 Å². The number of phenols is 1. The fourth-order valence-corrected chi connectivity index (χ4v) is 2.62. The highest BCUT2D eigenvalue weighted by Crippen LogP contribution is 2.36. The Balaban J connectivity index is 2.33. The van der Waals surface area contributed by atoms with Crippen LogP contribution in [0.1, 0.15) is 42.9 Å². The van der Waals surface area contributed by atoms with Crippen LogP contribution < -0.4 is 0 Å². The summed E-state index contributed by atoms with van der Waals surface area (Å²) in [6.07, 6.45) is 5.48. The van der Waals surface area contributed by atoms with Crippen molar-refractivity contribution in [1.82, 2.24) is 4.90 Å². The molecular formula is C18H23NO4. The van der Waals surface area contributed by atoms with Crippen molar-refractivity contribution >= 4 is 11.7 Å². The fraction of sp³-hybridized carbons (Fsp3) is 0.389. The summed E-state index contributed by atoms with van der Waals surface area (Å²) < 4.78 is 10.3. The molecule has 5 heteroatoms. The minimum absolute atomic E-state index is 0.156. The number of phenolic OH excluding ortho intramolecular Hbond substituents is 1. The van der Waals surface area contributed by atoms with Crippen LogP contribution in [0.15, 0.2) is 30.8 Å². The number of carbonyl (C=O) groups excluding carboxylic acids is 1. The van der Waals surface area contributed by atoms with Gasteiger partial charge in [0.05, 0.1) is 13.5 Å². The third kappa shape index (κ3) is 3.86. The number of ether oxygens (including phenoxy) is 2. The molecule has 0 saturated heterocycles. The first-order valence-electron chi connectivity index (χ1n) is 7.64. The van der Waals surface area contributed by atoms with Crippen LogP contribution in [0.2, 0.25) is 0 Å². The first-order chi connectivity index (χ1) is 10.9. The molecule has 0 aliphatic carbocycles. The van der Waals surface area contributed by atoms with Crippen molar-refractivity contribution in [3.8, 4) is 5.75 Å². The number of esters is 1. The predicted molar refractivity (Wildman–Crippen MR) is 88.5 cm³/mol. The normalized spacial score (nSPS) is 13.8. The van der Waals surface area contributed by atoms with Crippen molar-refractivity contribution in [2.75, 3.05) is 13.7 Å². The van der Waals surface area contributed by atoms with E-state index in [0.717, 1.165) is 16.7 Å². The number of methoxy groups -OCH3 is 1. The van der Waals surface area contributed by atoms with Gasteiger partial charge < -0.3 is 19.5 Å². The summed E-state index contributed by atoms with van der Waals surface area (Å²) in [4.78, 5) is 13.2. The third-order valence-electron chi connectivity index (χ3n) is 3.79. The molecule has 1 N–H and O–H groups in total. The van der Waals surface area contributed by atoms with E-state index < -0.39 is 0 Å². The number of nitrogens with zero attached hydrogens (tertiary/aromatic N) is 1. The van der Waals surface area contributed by atoms with E-state index in [1.807, 2.05) is 37.9 Å². The van der Waals surface area contributed by atoms with Crippen LogP contribution in [0, 0.1) is 6.92 Å². The highest BCUT2D eigenvalue weighted by atomic mass is 16.5. The summed E-state index contributed by atoms with van der Waals surface area (Å²) in [6.45, 7) is 6.56. The number of benzene rings is 1. The average molecular weight is 317 g/mol. The summed E-state index contributed by atoms with van der Waals surface area (Å²) in [5.74, 6) is 0.829. The highest BCUT2D eigenvalue weighted by molar-refractivity contribution is 5.71. The number of hydrogen-bond acceptors (Lipinski definition) is 5. The summed E-state index contributed by atoms with van der Waals surface area (Å²) in [5.41, 5.74) is 2.79. The van der Waals surface area contributed by atoms with Gasteiger partial charge in [0.2, 0.25) is 0 Å². The lowest BCUT2D eigenvalue weighted by Crippen LogP contribution is -2.19. The van der Waals surface area contributed by atoms with Gasteiger partial charge >= 0.3 is 5.97 Å². The first kappa shape index (κ1) is 16.9. The zero-order valence-electron chi connectivity index (χ0n) is 14.0. The summed E-state index contributed by atoms with van der Waals surface area (Å²) in [5, 5.41) is 10.2. The van der Waals surface area contributed by atoms with E-state index in [4.69, 9.17) is 4.74 Å². The van der Waals surface area contributed by atoms with Gasteiger partial charge in [-0.1, -0.05) is 19.9 Å². The predicted octanol–water partition coefficient (Wildman–Crippen LogP) is 3.49. The van der Waals surface area contributed by atoms with Crippen LogP contribution in [0.25, 0.3) is 5.76 Å². The Bertz CT molecular complexity index is 647. The van der Waals surface area contributed by atoms with Gasteiger partial charge in [0.25, 0.3) is 0 Å². The molecule has 124 valence electrons. The Labute approximate surface area is 136 Å². The van der Waals surface area contributed by atoms with E-state index in [1.54, 1.807) is 18.5 Å². The molecule has 0 bridgehead atoms. The first-order valence-corrected chi connectivity index (χ1v) is 7.64. The lowest BCUT2D eigenvalue weighted by atomic mass is 9.91. The summed E-state index contributed by atoms with van der Waals surface area (Å²) in [6, 6.07) is 3.58. The minimum atomic E-state index is -0.253. The van der Waals surface area contributed by atoms with Crippen molar-refractivity contribution in [1.29, 1.82) is 0 Å². The topological polar surface area (TPSA) is 59.0 Å². The summed E-state index contributed by atoms with van der Waals surface area (Å²) in [7, 11) is 1.38. The van der Waals surface area contributed by atoms with Crippen molar-refractivity contribution < 1.29 is 19.4 Å². The van der Waals surface area contributed by atoms with Crippen LogP contribution in [-0.2, 0) is 14.3 Å². The molecule has 2 rings (SSSR count). The van der Waals surface area contributed by atoms with Gasteiger partial charge in [0.1, 0.15) is 12.0 Å². The standard InChI is InChI=1S/C18H23NO4/c1-12(2)17-14(20)6-5-13(3)18(17)15-11-19(9-10-23-15)8-7-16(21)22-4/h5-6,9-12,20H,7-8H2,1-4H3. The van der Waals surface area contributed by atoms with E-state index in [1.165, 1.54) is 7.11 Å². The van der Waals surface area contributed by atoms with Crippen molar-refractivity contribution in [2.45, 2.75) is 33.1 Å². The molecule has 23 heavy (non-hydrogen) atoms. The summed E-state index contributed by atoms with van der Waals surface area (Å²) >= 11 is 0. The number of rotatable bonds is 5. The Morgan fingerprint density at radius 3 is 2.78 bits per heavy atom. The second-order valence-corrected chi connectivity index (χ2v) is 5.81. The van der Waals surface area contributed by atoms with Crippen LogP contribution in [0.5, 0.6) is 5.75 Å². The average Bonchev–Trinajstić information content (AvgIpc) is 2.54. The molecule has 1 aromatic carbocycles. The molecular weight excluding hydrogens is 294 g/mol. The fourth-order valence-electron chi connectivity index (χ4n) is 2.62. The minimum Gasteiger partial charge on any atom is -0.508 e. The zero-order valence-corrected chi connectivity index (χ0v) is 14.0. The molecule has 0 radical (unpaired) electrons. The molecule has 0 fully saturated rings. The molecule has 1 heterocycles. The van der Waals surface area contributed by atoms with E-state index in [0.29, 0.717) is 18.7 Å². The Morgan fingerprint density at radius 2 is 2.13 bits per heavy atom. The number of aromatic hydroxyl groups is 1. The molecule has 0 spiro atoms. The SMILES string of the molecule is COC(=O)CCN1C=COC(c2c(C)ccc(O)c2C(C)C)=C1. The van der Waals surface area contributed by atoms with E-state index in [9.17, 15) is 9.90 Å². The van der Waals surface area contributed by atoms with Crippen LogP contribution in [0.3, 0.4) is 0 Å². The molecule has 1 aliphatic rings.